The fourth-order valence-electron chi connectivity index (χ4n) is 1.95. The molecular weight excluding hydrogens is 260 g/mol. The zero-order valence-electron chi connectivity index (χ0n) is 11.3. The van der Waals surface area contributed by atoms with Gasteiger partial charge in [0, 0.05) is 22.9 Å². The van der Waals surface area contributed by atoms with Crippen LogP contribution < -0.4 is 0 Å². The van der Waals surface area contributed by atoms with E-state index in [9.17, 15) is 4.79 Å². The second kappa shape index (κ2) is 9.72. The zero-order chi connectivity index (χ0) is 14.6. The normalized spacial score (nSPS) is 18.7. The van der Waals surface area contributed by atoms with E-state index in [0.29, 0.717) is 13.1 Å². The second-order valence-electron chi connectivity index (χ2n) is 4.48. The molecule has 1 aliphatic heterocycles. The molecule has 0 N–H and O–H groups in total. The molecule has 1 heterocycles. The molecular formula is C12H18N6O2. The minimum Gasteiger partial charge on any atom is -0.430 e. The first kappa shape index (κ1) is 15.9. The van der Waals surface area contributed by atoms with E-state index in [1.165, 1.54) is 0 Å². The molecule has 1 saturated heterocycles. The summed E-state index contributed by atoms with van der Waals surface area (Å²) in [5, 5.41) is 6.91. The van der Waals surface area contributed by atoms with Crippen LogP contribution in [0.3, 0.4) is 0 Å². The summed E-state index contributed by atoms with van der Waals surface area (Å²) in [6.45, 7) is 0.971. The fraction of sp³-hybridized carbons (Fsp3) is 0.750. The lowest BCUT2D eigenvalue weighted by Gasteiger charge is -2.27. The number of carbonyl (C=O) groups is 1. The number of cyclic esters (lactones) is 1. The molecule has 108 valence electrons. The molecule has 0 aromatic rings. The van der Waals surface area contributed by atoms with Crippen molar-refractivity contribution in [2.75, 3.05) is 13.1 Å². The zero-order valence-corrected chi connectivity index (χ0v) is 11.3. The highest BCUT2D eigenvalue weighted by molar-refractivity contribution is 5.82. The molecule has 0 amide bonds. The van der Waals surface area contributed by atoms with E-state index in [0.717, 1.165) is 44.3 Å². The van der Waals surface area contributed by atoms with Gasteiger partial charge in [0.05, 0.1) is 0 Å². The van der Waals surface area contributed by atoms with Crippen molar-refractivity contribution in [3.63, 3.8) is 0 Å². The van der Waals surface area contributed by atoms with Gasteiger partial charge >= 0.3 is 5.97 Å². The topological polar surface area (TPSA) is 124 Å². The molecule has 1 rings (SSSR count). The van der Waals surface area contributed by atoms with Gasteiger partial charge in [0.25, 0.3) is 0 Å². The van der Waals surface area contributed by atoms with Gasteiger partial charge in [0.2, 0.25) is 0 Å². The van der Waals surface area contributed by atoms with Crippen LogP contribution in [0, 0.1) is 5.92 Å². The van der Waals surface area contributed by atoms with Crippen molar-refractivity contribution in [2.45, 2.75) is 38.5 Å². The van der Waals surface area contributed by atoms with Gasteiger partial charge in [-0.15, -0.1) is 0 Å². The lowest BCUT2D eigenvalue weighted by Crippen LogP contribution is -2.32. The summed E-state index contributed by atoms with van der Waals surface area (Å²) in [7, 11) is 0. The Labute approximate surface area is 117 Å². The molecule has 20 heavy (non-hydrogen) atoms. The first-order valence-corrected chi connectivity index (χ1v) is 6.73. The summed E-state index contributed by atoms with van der Waals surface area (Å²) in [6.07, 6.45) is 6.86. The minimum atomic E-state index is -0.172. The summed E-state index contributed by atoms with van der Waals surface area (Å²) >= 11 is 0. The highest BCUT2D eigenvalue weighted by Crippen LogP contribution is 2.31. The second-order valence-corrected chi connectivity index (χ2v) is 4.48. The van der Waals surface area contributed by atoms with Gasteiger partial charge in [0.1, 0.15) is 11.7 Å². The van der Waals surface area contributed by atoms with Gasteiger partial charge in [-0.1, -0.05) is 16.6 Å². The van der Waals surface area contributed by atoms with E-state index >= 15 is 0 Å². The van der Waals surface area contributed by atoms with Gasteiger partial charge in [-0.2, -0.15) is 0 Å². The highest BCUT2D eigenvalue weighted by Gasteiger charge is 2.36. The lowest BCUT2D eigenvalue weighted by atomic mass is 9.94. The first-order valence-electron chi connectivity index (χ1n) is 6.73. The third kappa shape index (κ3) is 5.65. The number of hydrogen-bond donors (Lipinski definition) is 0. The molecule has 8 heteroatoms. The summed E-state index contributed by atoms with van der Waals surface area (Å²) < 4.78 is 5.02. The van der Waals surface area contributed by atoms with Gasteiger partial charge < -0.3 is 4.74 Å². The number of nitrogens with zero attached hydrogens (tertiary/aromatic N) is 6. The number of carbonyl (C=O) groups excluding carboxylic acids is 1. The molecule has 1 fully saturated rings. The molecule has 1 atom stereocenters. The number of hydrogen-bond acceptors (Lipinski definition) is 4. The third-order valence-electron chi connectivity index (χ3n) is 3.03. The quantitative estimate of drug-likeness (QED) is 0.197. The highest BCUT2D eigenvalue weighted by atomic mass is 16.6. The number of unbranched alkanes of at least 4 members (excludes halogenated alkanes) is 3. The van der Waals surface area contributed by atoms with Crippen molar-refractivity contribution >= 4 is 5.97 Å². The van der Waals surface area contributed by atoms with Crippen LogP contribution >= 0.6 is 0 Å². The van der Waals surface area contributed by atoms with Crippen molar-refractivity contribution in [1.82, 2.24) is 0 Å². The SMILES string of the molecule is [N-]=[N+]=NCCCC/C=C1\OC(=O)[C@@H]1CCCCN=[N+]=[N-]. The van der Waals surface area contributed by atoms with Gasteiger partial charge in [-0.3, -0.25) is 4.79 Å². The molecule has 0 unspecified atom stereocenters. The molecule has 0 bridgehead atoms. The van der Waals surface area contributed by atoms with Crippen LogP contribution in [0.15, 0.2) is 22.1 Å². The van der Waals surface area contributed by atoms with Crippen molar-refractivity contribution in [2.24, 2.45) is 16.1 Å². The van der Waals surface area contributed by atoms with Crippen LogP contribution in [0.25, 0.3) is 20.9 Å². The Kier molecular flexibility index (Phi) is 7.72. The summed E-state index contributed by atoms with van der Waals surface area (Å²) in [6, 6.07) is 0. The van der Waals surface area contributed by atoms with Crippen molar-refractivity contribution < 1.29 is 9.53 Å². The predicted octanol–water partition coefficient (Wildman–Crippen LogP) is 4.00. The van der Waals surface area contributed by atoms with Crippen LogP contribution in [0.2, 0.25) is 0 Å². The van der Waals surface area contributed by atoms with E-state index in [4.69, 9.17) is 15.8 Å². The fourth-order valence-corrected chi connectivity index (χ4v) is 1.95. The largest absolute Gasteiger partial charge is 0.430 e. The third-order valence-corrected chi connectivity index (χ3v) is 3.03. The van der Waals surface area contributed by atoms with Gasteiger partial charge in [0.15, 0.2) is 0 Å². The van der Waals surface area contributed by atoms with Crippen LogP contribution in [0.5, 0.6) is 0 Å². The predicted molar refractivity (Wildman–Crippen MR) is 73.4 cm³/mol. The summed E-state index contributed by atoms with van der Waals surface area (Å²) in [5.74, 6) is 0.454. The Morgan fingerprint density at radius 1 is 1.10 bits per heavy atom. The molecule has 0 radical (unpaired) electrons. The Hall–Kier alpha value is -2.17. The molecule has 0 aliphatic carbocycles. The van der Waals surface area contributed by atoms with E-state index in [1.54, 1.807) is 0 Å². The monoisotopic (exact) mass is 278 g/mol. The van der Waals surface area contributed by atoms with E-state index < -0.39 is 0 Å². The molecule has 0 aromatic heterocycles. The first-order chi connectivity index (χ1) is 9.79. The lowest BCUT2D eigenvalue weighted by molar-refractivity contribution is -0.157. The Balaban J connectivity index is 2.19. The number of esters is 1. The Bertz CT molecular complexity index is 449. The maximum Gasteiger partial charge on any atom is 0.321 e. The van der Waals surface area contributed by atoms with Gasteiger partial charge in [-0.25, -0.2) is 0 Å². The maximum atomic E-state index is 11.3. The summed E-state index contributed by atoms with van der Waals surface area (Å²) in [5.41, 5.74) is 16.3. The average molecular weight is 278 g/mol. The van der Waals surface area contributed by atoms with E-state index in [-0.39, 0.29) is 11.9 Å². The van der Waals surface area contributed by atoms with E-state index in [1.807, 2.05) is 6.08 Å². The molecule has 1 aliphatic rings. The summed E-state index contributed by atoms with van der Waals surface area (Å²) in [4.78, 5) is 16.7. The number of azide groups is 2. The molecule has 8 nitrogen and oxygen atoms in total. The average Bonchev–Trinajstić information content (AvgIpc) is 2.45. The van der Waals surface area contributed by atoms with Crippen molar-refractivity contribution in [1.29, 1.82) is 0 Å². The Morgan fingerprint density at radius 3 is 2.35 bits per heavy atom. The number of rotatable bonds is 10. The number of allylic oxidation sites excluding steroid dienone is 1. The maximum absolute atomic E-state index is 11.3. The molecule has 0 spiro atoms. The van der Waals surface area contributed by atoms with Crippen LogP contribution in [0.1, 0.15) is 38.5 Å². The van der Waals surface area contributed by atoms with Crippen molar-refractivity contribution in [3.8, 4) is 0 Å². The van der Waals surface area contributed by atoms with Crippen LogP contribution in [0.4, 0.5) is 0 Å². The smallest absolute Gasteiger partial charge is 0.321 e. The van der Waals surface area contributed by atoms with Crippen LogP contribution in [-0.4, -0.2) is 19.1 Å². The van der Waals surface area contributed by atoms with Gasteiger partial charge in [-0.05, 0) is 49.2 Å². The van der Waals surface area contributed by atoms with E-state index in [2.05, 4.69) is 20.1 Å². The minimum absolute atomic E-state index is 0.127. The number of ether oxygens (including phenoxy) is 1. The Morgan fingerprint density at radius 2 is 1.75 bits per heavy atom. The van der Waals surface area contributed by atoms with Crippen molar-refractivity contribution in [3.05, 3.63) is 32.7 Å². The molecule has 0 aromatic carbocycles. The molecule has 0 saturated carbocycles. The standard InChI is InChI=1S/C12H18N6O2/c13-17-15-8-4-1-2-7-11-10(12(19)20-11)6-3-5-9-16-18-14/h7,10H,1-6,8-9H2/b11-7-/t10-/m1/s1. The van der Waals surface area contributed by atoms with Crippen LogP contribution in [-0.2, 0) is 9.53 Å².